The van der Waals surface area contributed by atoms with Crippen molar-refractivity contribution in [1.82, 2.24) is 19.5 Å². The highest BCUT2D eigenvalue weighted by atomic mass is 32.1. The largest absolute Gasteiger partial charge is 0.492 e. The normalized spacial score (nSPS) is 22.8. The van der Waals surface area contributed by atoms with Gasteiger partial charge in [0.05, 0.1) is 10.9 Å². The van der Waals surface area contributed by atoms with Crippen molar-refractivity contribution in [2.24, 2.45) is 11.8 Å². The van der Waals surface area contributed by atoms with Gasteiger partial charge in [0.1, 0.15) is 11.6 Å². The maximum absolute atomic E-state index is 14.7. The van der Waals surface area contributed by atoms with E-state index in [-0.39, 0.29) is 17.7 Å². The van der Waals surface area contributed by atoms with Crippen LogP contribution in [-0.4, -0.2) is 37.7 Å². The van der Waals surface area contributed by atoms with Gasteiger partial charge >= 0.3 is 0 Å². The zero-order valence-electron chi connectivity index (χ0n) is 15.2. The number of nitrogens with zero attached hydrogens (tertiary/aromatic N) is 4. The molecule has 1 aromatic carbocycles. The van der Waals surface area contributed by atoms with Gasteiger partial charge in [0.2, 0.25) is 10.8 Å². The molecule has 7 heteroatoms. The number of aromatic nitrogens is 3. The summed E-state index contributed by atoms with van der Waals surface area (Å²) in [4.78, 5) is 7.99. The third kappa shape index (κ3) is 2.99. The van der Waals surface area contributed by atoms with E-state index in [1.165, 1.54) is 28.3 Å². The molecule has 3 aromatic rings. The van der Waals surface area contributed by atoms with Crippen LogP contribution in [0.25, 0.3) is 4.96 Å². The first kappa shape index (κ1) is 17.4. The Kier molecular flexibility index (Phi) is 4.44. The number of fused-ring (bicyclic) bond motifs is 1. The summed E-state index contributed by atoms with van der Waals surface area (Å²) in [5, 5.41) is 15.1. The van der Waals surface area contributed by atoms with Crippen molar-refractivity contribution < 1.29 is 9.50 Å². The average Bonchev–Trinajstić information content (AvgIpc) is 3.07. The number of hydrogen-bond acceptors (Lipinski definition) is 5. The van der Waals surface area contributed by atoms with Crippen molar-refractivity contribution in [3.63, 3.8) is 0 Å². The van der Waals surface area contributed by atoms with E-state index in [2.05, 4.69) is 28.8 Å². The molecular formula is C19H23FN4OS. The lowest BCUT2D eigenvalue weighted by atomic mass is 9.89. The summed E-state index contributed by atoms with van der Waals surface area (Å²) in [6.45, 7) is 7.99. The number of aromatic hydroxyl groups is 1. The Hall–Kier alpha value is -1.99. The average molecular weight is 374 g/mol. The second kappa shape index (κ2) is 6.63. The third-order valence-corrected chi connectivity index (χ3v) is 6.09. The predicted octanol–water partition coefficient (Wildman–Crippen LogP) is 4.01. The lowest BCUT2D eigenvalue weighted by Gasteiger charge is -2.40. The molecule has 3 atom stereocenters. The van der Waals surface area contributed by atoms with Crippen molar-refractivity contribution in [3.05, 3.63) is 46.3 Å². The van der Waals surface area contributed by atoms with E-state index >= 15 is 0 Å². The van der Waals surface area contributed by atoms with E-state index in [4.69, 9.17) is 0 Å². The first-order valence-corrected chi connectivity index (χ1v) is 9.79. The smallest absolute Gasteiger partial charge is 0.230 e. The fourth-order valence-electron chi connectivity index (χ4n) is 4.15. The van der Waals surface area contributed by atoms with Crippen LogP contribution < -0.4 is 0 Å². The molecule has 0 saturated carbocycles. The Morgan fingerprint density at radius 1 is 1.23 bits per heavy atom. The highest BCUT2D eigenvalue weighted by Gasteiger charge is 2.34. The number of aryl methyl sites for hydroxylation is 1. The van der Waals surface area contributed by atoms with Crippen molar-refractivity contribution in [1.29, 1.82) is 0 Å². The number of piperidine rings is 1. The second-order valence-electron chi connectivity index (χ2n) is 7.47. The second-order valence-corrected chi connectivity index (χ2v) is 8.48. The van der Waals surface area contributed by atoms with Crippen molar-refractivity contribution in [2.75, 3.05) is 13.1 Å². The maximum atomic E-state index is 14.7. The Morgan fingerprint density at radius 2 is 1.92 bits per heavy atom. The Balaban J connectivity index is 1.85. The van der Waals surface area contributed by atoms with Crippen LogP contribution in [0.5, 0.6) is 5.88 Å². The van der Waals surface area contributed by atoms with E-state index in [9.17, 15) is 9.50 Å². The summed E-state index contributed by atoms with van der Waals surface area (Å²) >= 11 is 1.38. The van der Waals surface area contributed by atoms with Crippen molar-refractivity contribution >= 4 is 16.3 Å². The Labute approximate surface area is 156 Å². The summed E-state index contributed by atoms with van der Waals surface area (Å²) < 4.78 is 16.2. The number of benzene rings is 1. The van der Waals surface area contributed by atoms with Crippen LogP contribution in [0.3, 0.4) is 0 Å². The maximum Gasteiger partial charge on any atom is 0.230 e. The van der Waals surface area contributed by atoms with Crippen LogP contribution in [0.15, 0.2) is 24.3 Å². The van der Waals surface area contributed by atoms with Crippen LogP contribution in [0.1, 0.15) is 42.6 Å². The SMILES string of the molecule is Cc1nc2sc(C(c3ccccc3F)N3CC(C)CC(C)C3)c(O)n2n1. The lowest BCUT2D eigenvalue weighted by Crippen LogP contribution is -2.41. The van der Waals surface area contributed by atoms with E-state index < -0.39 is 0 Å². The van der Waals surface area contributed by atoms with Gasteiger partial charge in [-0.25, -0.2) is 9.37 Å². The molecule has 0 aliphatic carbocycles. The molecule has 5 nitrogen and oxygen atoms in total. The van der Waals surface area contributed by atoms with E-state index in [1.807, 2.05) is 12.1 Å². The van der Waals surface area contributed by atoms with E-state index in [0.29, 0.717) is 33.1 Å². The molecule has 1 fully saturated rings. The zero-order valence-corrected chi connectivity index (χ0v) is 16.0. The number of likely N-dealkylation sites (tertiary alicyclic amines) is 1. The summed E-state index contributed by atoms with van der Waals surface area (Å²) in [5.41, 5.74) is 0.588. The van der Waals surface area contributed by atoms with Gasteiger partial charge < -0.3 is 5.11 Å². The monoisotopic (exact) mass is 374 g/mol. The molecule has 0 bridgehead atoms. The number of thiazole rings is 1. The molecular weight excluding hydrogens is 351 g/mol. The molecule has 0 amide bonds. The van der Waals surface area contributed by atoms with Gasteiger partial charge in [0, 0.05) is 18.7 Å². The molecule has 1 saturated heterocycles. The molecule has 1 aliphatic rings. The summed E-state index contributed by atoms with van der Waals surface area (Å²) in [6, 6.07) is 6.50. The lowest BCUT2D eigenvalue weighted by molar-refractivity contribution is 0.110. The molecule has 2 aromatic heterocycles. The quantitative estimate of drug-likeness (QED) is 0.753. The van der Waals surface area contributed by atoms with Gasteiger partial charge in [-0.05, 0) is 31.2 Å². The minimum atomic E-state index is -0.338. The number of rotatable bonds is 3. The van der Waals surface area contributed by atoms with Gasteiger partial charge in [-0.2, -0.15) is 4.52 Å². The number of halogens is 1. The molecule has 1 N–H and O–H groups in total. The van der Waals surface area contributed by atoms with Gasteiger partial charge in [0.15, 0.2) is 0 Å². The van der Waals surface area contributed by atoms with Crippen molar-refractivity contribution in [3.8, 4) is 5.88 Å². The van der Waals surface area contributed by atoms with E-state index in [1.54, 1.807) is 13.0 Å². The number of hydrogen-bond donors (Lipinski definition) is 1. The Bertz CT molecular complexity index is 927. The molecule has 26 heavy (non-hydrogen) atoms. The van der Waals surface area contributed by atoms with Gasteiger partial charge in [-0.1, -0.05) is 43.4 Å². The topological polar surface area (TPSA) is 53.7 Å². The molecule has 3 unspecified atom stereocenters. The highest BCUT2D eigenvalue weighted by Crippen LogP contribution is 2.42. The summed E-state index contributed by atoms with van der Waals surface area (Å²) in [5.74, 6) is 1.47. The van der Waals surface area contributed by atoms with Crippen LogP contribution in [0.4, 0.5) is 4.39 Å². The highest BCUT2D eigenvalue weighted by molar-refractivity contribution is 7.17. The summed E-state index contributed by atoms with van der Waals surface area (Å²) in [6.07, 6.45) is 1.17. The predicted molar refractivity (Wildman–Crippen MR) is 100 cm³/mol. The molecule has 0 radical (unpaired) electrons. The fraction of sp³-hybridized carbons (Fsp3) is 0.474. The standard InChI is InChI=1S/C19H23FN4OS/c1-11-8-12(2)10-23(9-11)16(14-6-4-5-7-15(14)20)17-18(25)24-19(26-17)21-13(3)22-24/h4-7,11-12,16,25H,8-10H2,1-3H3. The van der Waals surface area contributed by atoms with Gasteiger partial charge in [-0.3, -0.25) is 4.90 Å². The zero-order chi connectivity index (χ0) is 18.4. The fourth-order valence-corrected chi connectivity index (χ4v) is 5.30. The molecule has 138 valence electrons. The van der Waals surface area contributed by atoms with Gasteiger partial charge in [-0.15, -0.1) is 5.10 Å². The molecule has 1 aliphatic heterocycles. The minimum Gasteiger partial charge on any atom is -0.492 e. The van der Waals surface area contributed by atoms with Gasteiger partial charge in [0.25, 0.3) is 0 Å². The first-order chi connectivity index (χ1) is 12.4. The third-order valence-electron chi connectivity index (χ3n) is 5.02. The van der Waals surface area contributed by atoms with Crippen molar-refractivity contribution in [2.45, 2.75) is 33.2 Å². The summed E-state index contributed by atoms with van der Waals surface area (Å²) in [7, 11) is 0. The molecule has 0 spiro atoms. The van der Waals surface area contributed by atoms with Crippen LogP contribution in [-0.2, 0) is 0 Å². The molecule has 4 rings (SSSR count). The molecule has 3 heterocycles. The minimum absolute atomic E-state index is 0.0599. The van der Waals surface area contributed by atoms with Crippen LogP contribution in [0, 0.1) is 24.6 Å². The first-order valence-electron chi connectivity index (χ1n) is 8.97. The van der Waals surface area contributed by atoms with Crippen LogP contribution >= 0.6 is 11.3 Å². The van der Waals surface area contributed by atoms with E-state index in [0.717, 1.165) is 13.1 Å². The van der Waals surface area contributed by atoms with Crippen LogP contribution in [0.2, 0.25) is 0 Å². The Morgan fingerprint density at radius 3 is 2.58 bits per heavy atom.